The van der Waals surface area contributed by atoms with E-state index in [1.807, 2.05) is 13.8 Å². The maximum absolute atomic E-state index is 4.88. The van der Waals surface area contributed by atoms with E-state index in [0.29, 0.717) is 0 Å². The molecule has 0 atom stereocenters. The Morgan fingerprint density at radius 1 is 0.947 bits per heavy atom. The third-order valence-corrected chi connectivity index (χ3v) is 3.81. The molecule has 106 valence electrons. The van der Waals surface area contributed by atoms with Crippen molar-refractivity contribution in [3.8, 4) is 0 Å². The summed E-state index contributed by atoms with van der Waals surface area (Å²) < 4.78 is 1.29. The van der Waals surface area contributed by atoms with Gasteiger partial charge in [0.1, 0.15) is 0 Å². The van der Waals surface area contributed by atoms with Crippen LogP contribution in [0.4, 0.5) is 0 Å². The van der Waals surface area contributed by atoms with Crippen molar-refractivity contribution < 1.29 is 0 Å². The van der Waals surface area contributed by atoms with E-state index in [9.17, 15) is 0 Å². The van der Waals surface area contributed by atoms with Gasteiger partial charge in [-0.2, -0.15) is 0 Å². The molecular weight excluding hydrogens is 250 g/mol. The number of aromatic nitrogens is 1. The second-order valence-corrected chi connectivity index (χ2v) is 7.64. The number of nitrogens with zero attached hydrogens (tertiary/aromatic N) is 1. The summed E-state index contributed by atoms with van der Waals surface area (Å²) in [6.45, 7) is 17.5. The van der Waals surface area contributed by atoms with Crippen LogP contribution in [0.5, 0.6) is 0 Å². The van der Waals surface area contributed by atoms with Gasteiger partial charge in [0, 0.05) is 5.41 Å². The van der Waals surface area contributed by atoms with Crippen molar-refractivity contribution in [2.45, 2.75) is 66.2 Å². The first-order valence-electron chi connectivity index (χ1n) is 7.09. The molecule has 2 aromatic rings. The molecule has 0 aliphatic rings. The molecule has 19 heavy (non-hydrogen) atoms. The highest BCUT2D eigenvalue weighted by atomic mass is 32.1. The van der Waals surface area contributed by atoms with Crippen LogP contribution in [0.1, 0.15) is 66.6 Å². The lowest BCUT2D eigenvalue weighted by Crippen LogP contribution is -2.23. The van der Waals surface area contributed by atoms with E-state index in [-0.39, 0.29) is 10.8 Å². The van der Waals surface area contributed by atoms with E-state index in [2.05, 4.69) is 59.1 Å². The Kier molecular flexibility index (Phi) is 4.78. The van der Waals surface area contributed by atoms with Crippen LogP contribution < -0.4 is 0 Å². The summed E-state index contributed by atoms with van der Waals surface area (Å²) in [5.41, 5.74) is 3.98. The largest absolute Gasteiger partial charge is 0.251 e. The van der Waals surface area contributed by atoms with Gasteiger partial charge >= 0.3 is 0 Å². The van der Waals surface area contributed by atoms with E-state index >= 15 is 0 Å². The zero-order chi connectivity index (χ0) is 14.8. The van der Waals surface area contributed by atoms with Crippen LogP contribution in [0.25, 0.3) is 10.2 Å². The van der Waals surface area contributed by atoms with E-state index in [1.54, 1.807) is 11.3 Å². The first-order chi connectivity index (χ1) is 8.69. The lowest BCUT2D eigenvalue weighted by molar-refractivity contribution is 0.517. The topological polar surface area (TPSA) is 12.9 Å². The van der Waals surface area contributed by atoms with Crippen LogP contribution in [-0.4, -0.2) is 4.98 Å². The van der Waals surface area contributed by atoms with Crippen LogP contribution in [-0.2, 0) is 10.8 Å². The fraction of sp³-hybridized carbons (Fsp3) is 0.588. The van der Waals surface area contributed by atoms with Crippen molar-refractivity contribution in [1.82, 2.24) is 4.98 Å². The molecule has 0 radical (unpaired) electrons. The maximum Gasteiger partial charge on any atom is 0.0813 e. The van der Waals surface area contributed by atoms with Gasteiger partial charge in [-0.15, -0.1) is 11.3 Å². The smallest absolute Gasteiger partial charge is 0.0813 e. The molecule has 2 rings (SSSR count). The summed E-state index contributed by atoms with van der Waals surface area (Å²) in [5.74, 6) is 0. The molecule has 0 bridgehead atoms. The van der Waals surface area contributed by atoms with Gasteiger partial charge in [-0.25, -0.2) is 0 Å². The van der Waals surface area contributed by atoms with E-state index in [1.165, 1.54) is 16.0 Å². The standard InChI is InChI=1S/C15H21NS.C2H6/c1-14(2,3)10-9-12-11(7-8-17-12)16-13(10)15(4,5)6;1-2/h7-9H,1-6H3;1-2H3. The lowest BCUT2D eigenvalue weighted by Gasteiger charge is -2.28. The van der Waals surface area contributed by atoms with Gasteiger partial charge in [0.05, 0.1) is 15.9 Å². The Morgan fingerprint density at radius 2 is 1.53 bits per heavy atom. The number of fused-ring (bicyclic) bond motifs is 1. The molecule has 0 aliphatic heterocycles. The lowest BCUT2D eigenvalue weighted by atomic mass is 9.78. The number of pyridine rings is 1. The maximum atomic E-state index is 4.88. The molecule has 0 amide bonds. The number of thiophene rings is 1. The zero-order valence-electron chi connectivity index (χ0n) is 13.6. The highest BCUT2D eigenvalue weighted by Gasteiger charge is 2.27. The summed E-state index contributed by atoms with van der Waals surface area (Å²) >= 11 is 1.77. The summed E-state index contributed by atoms with van der Waals surface area (Å²) in [6, 6.07) is 4.44. The quantitative estimate of drug-likeness (QED) is 0.582. The van der Waals surface area contributed by atoms with Crippen LogP contribution in [0.15, 0.2) is 17.5 Å². The molecule has 2 aromatic heterocycles. The first-order valence-corrected chi connectivity index (χ1v) is 7.97. The number of hydrogen-bond acceptors (Lipinski definition) is 2. The van der Waals surface area contributed by atoms with Crippen LogP contribution in [0, 0.1) is 0 Å². The minimum absolute atomic E-state index is 0.0960. The van der Waals surface area contributed by atoms with Gasteiger partial charge in [0.25, 0.3) is 0 Å². The average Bonchev–Trinajstić information content (AvgIpc) is 2.74. The average molecular weight is 277 g/mol. The summed E-state index contributed by atoms with van der Waals surface area (Å²) in [4.78, 5) is 4.88. The van der Waals surface area contributed by atoms with Gasteiger partial charge in [-0.3, -0.25) is 4.98 Å². The molecule has 0 aliphatic carbocycles. The molecule has 0 spiro atoms. The molecule has 0 saturated heterocycles. The molecule has 2 heterocycles. The van der Waals surface area contributed by atoms with Crippen molar-refractivity contribution >= 4 is 21.6 Å². The van der Waals surface area contributed by atoms with Gasteiger partial charge < -0.3 is 0 Å². The molecule has 0 unspecified atom stereocenters. The predicted molar refractivity (Wildman–Crippen MR) is 88.4 cm³/mol. The summed E-state index contributed by atoms with van der Waals surface area (Å²) in [5, 5.41) is 2.12. The molecular formula is C17H27NS. The molecule has 2 heteroatoms. The molecule has 0 N–H and O–H groups in total. The number of rotatable bonds is 0. The van der Waals surface area contributed by atoms with E-state index in [0.717, 1.165) is 5.52 Å². The number of hydrogen-bond donors (Lipinski definition) is 0. The normalized spacial score (nSPS) is 12.2. The summed E-state index contributed by atoms with van der Waals surface area (Å²) in [6.07, 6.45) is 0. The van der Waals surface area contributed by atoms with Crippen molar-refractivity contribution in [2.75, 3.05) is 0 Å². The van der Waals surface area contributed by atoms with Crippen molar-refractivity contribution in [1.29, 1.82) is 0 Å². The monoisotopic (exact) mass is 277 g/mol. The second kappa shape index (κ2) is 5.62. The highest BCUT2D eigenvalue weighted by Crippen LogP contribution is 2.35. The predicted octanol–water partition coefficient (Wildman–Crippen LogP) is 5.92. The Bertz CT molecular complexity index is 490. The Balaban J connectivity index is 0.000000861. The minimum atomic E-state index is 0.0960. The highest BCUT2D eigenvalue weighted by molar-refractivity contribution is 7.17. The van der Waals surface area contributed by atoms with Crippen LogP contribution in [0.3, 0.4) is 0 Å². The Labute approximate surface area is 122 Å². The Morgan fingerprint density at radius 3 is 2.00 bits per heavy atom. The first kappa shape index (κ1) is 16.2. The zero-order valence-corrected chi connectivity index (χ0v) is 14.4. The fourth-order valence-corrected chi connectivity index (χ4v) is 2.80. The van der Waals surface area contributed by atoms with E-state index < -0.39 is 0 Å². The van der Waals surface area contributed by atoms with Crippen LogP contribution >= 0.6 is 11.3 Å². The molecule has 0 saturated carbocycles. The van der Waals surface area contributed by atoms with Crippen molar-refractivity contribution in [3.63, 3.8) is 0 Å². The molecule has 0 fully saturated rings. The van der Waals surface area contributed by atoms with Crippen molar-refractivity contribution in [3.05, 3.63) is 28.8 Å². The van der Waals surface area contributed by atoms with Gasteiger partial charge in [-0.1, -0.05) is 55.4 Å². The minimum Gasteiger partial charge on any atom is -0.251 e. The van der Waals surface area contributed by atoms with Crippen molar-refractivity contribution in [2.24, 2.45) is 0 Å². The molecule has 1 nitrogen and oxygen atoms in total. The van der Waals surface area contributed by atoms with Gasteiger partial charge in [0.2, 0.25) is 0 Å². The van der Waals surface area contributed by atoms with E-state index in [4.69, 9.17) is 4.98 Å². The fourth-order valence-electron chi connectivity index (χ4n) is 2.04. The van der Waals surface area contributed by atoms with Crippen LogP contribution in [0.2, 0.25) is 0 Å². The second-order valence-electron chi connectivity index (χ2n) is 6.69. The van der Waals surface area contributed by atoms with Gasteiger partial charge in [0.15, 0.2) is 0 Å². The third-order valence-electron chi connectivity index (χ3n) is 2.95. The summed E-state index contributed by atoms with van der Waals surface area (Å²) in [7, 11) is 0. The Hall–Kier alpha value is -0.890. The van der Waals surface area contributed by atoms with Gasteiger partial charge in [-0.05, 0) is 28.5 Å². The SMILES string of the molecule is CC.CC(C)(C)c1cc2sccc2nc1C(C)(C)C. The molecule has 0 aromatic carbocycles. The third kappa shape index (κ3) is 3.56.